The van der Waals surface area contributed by atoms with Crippen LogP contribution in [0.2, 0.25) is 10.0 Å². The van der Waals surface area contributed by atoms with Gasteiger partial charge in [-0.15, -0.1) is 0 Å². The van der Waals surface area contributed by atoms with Crippen LogP contribution in [0.5, 0.6) is 0 Å². The highest BCUT2D eigenvalue weighted by Crippen LogP contribution is 2.35. The molecule has 1 aromatic carbocycles. The second kappa shape index (κ2) is 4.63. The largest absolute Gasteiger partial charge is 0.317 e. The summed E-state index contributed by atoms with van der Waals surface area (Å²) < 4.78 is 0. The van der Waals surface area contributed by atoms with Crippen LogP contribution in [0.4, 0.5) is 0 Å². The fraction of sp³-hybridized carbons (Fsp3) is 0.417. The van der Waals surface area contributed by atoms with Gasteiger partial charge >= 0.3 is 0 Å². The minimum absolute atomic E-state index is 0.403. The summed E-state index contributed by atoms with van der Waals surface area (Å²) >= 11 is 11.9. The van der Waals surface area contributed by atoms with Crippen LogP contribution in [0.3, 0.4) is 0 Å². The lowest BCUT2D eigenvalue weighted by Crippen LogP contribution is -2.38. The summed E-state index contributed by atoms with van der Waals surface area (Å²) in [5.74, 6) is 0. The number of nitrogens with zero attached hydrogens (tertiary/aromatic N) is 1. The summed E-state index contributed by atoms with van der Waals surface area (Å²) in [5, 5.41) is 13.7. The average Bonchev–Trinajstić information content (AvgIpc) is 2.33. The maximum Gasteiger partial charge on any atom is 0.0847 e. The average molecular weight is 255 g/mol. The van der Waals surface area contributed by atoms with Crippen molar-refractivity contribution in [3.8, 4) is 6.07 Å². The van der Waals surface area contributed by atoms with Gasteiger partial charge < -0.3 is 5.32 Å². The number of benzene rings is 1. The topological polar surface area (TPSA) is 35.8 Å². The molecular formula is C12H12Cl2N2. The van der Waals surface area contributed by atoms with Crippen molar-refractivity contribution >= 4 is 23.2 Å². The minimum atomic E-state index is -0.403. The van der Waals surface area contributed by atoms with Gasteiger partial charge in [-0.05, 0) is 43.6 Å². The number of nitrogens with one attached hydrogen (secondary N) is 1. The molecule has 0 aromatic heterocycles. The van der Waals surface area contributed by atoms with Crippen molar-refractivity contribution < 1.29 is 0 Å². The van der Waals surface area contributed by atoms with Crippen LogP contribution < -0.4 is 5.32 Å². The zero-order valence-corrected chi connectivity index (χ0v) is 10.3. The maximum atomic E-state index is 9.40. The van der Waals surface area contributed by atoms with Crippen molar-refractivity contribution in [1.29, 1.82) is 5.26 Å². The summed E-state index contributed by atoms with van der Waals surface area (Å²) in [7, 11) is 0. The number of rotatable bonds is 1. The van der Waals surface area contributed by atoms with Crippen LogP contribution in [0.1, 0.15) is 18.4 Å². The zero-order valence-electron chi connectivity index (χ0n) is 8.76. The fourth-order valence-electron chi connectivity index (χ4n) is 2.11. The van der Waals surface area contributed by atoms with Crippen LogP contribution in [0, 0.1) is 11.3 Å². The van der Waals surface area contributed by atoms with Crippen molar-refractivity contribution in [3.05, 3.63) is 33.8 Å². The van der Waals surface area contributed by atoms with Gasteiger partial charge in [0.05, 0.1) is 21.5 Å². The van der Waals surface area contributed by atoms with E-state index in [1.165, 1.54) is 0 Å². The van der Waals surface area contributed by atoms with E-state index in [0.29, 0.717) is 10.0 Å². The molecule has 1 N–H and O–H groups in total. The highest BCUT2D eigenvalue weighted by atomic mass is 35.5. The van der Waals surface area contributed by atoms with Crippen molar-refractivity contribution in [2.75, 3.05) is 13.1 Å². The third kappa shape index (κ3) is 2.04. The Hall–Kier alpha value is -0.750. The van der Waals surface area contributed by atoms with E-state index in [1.54, 1.807) is 6.07 Å². The molecule has 0 radical (unpaired) electrons. The van der Waals surface area contributed by atoms with Gasteiger partial charge in [0, 0.05) is 0 Å². The molecular weight excluding hydrogens is 243 g/mol. The third-order valence-corrected chi connectivity index (χ3v) is 3.88. The summed E-state index contributed by atoms with van der Waals surface area (Å²) in [6.07, 6.45) is 1.64. The number of nitriles is 1. The lowest BCUT2D eigenvalue weighted by molar-refractivity contribution is 0.382. The zero-order chi connectivity index (χ0) is 11.6. The number of hydrogen-bond acceptors (Lipinski definition) is 2. The molecule has 2 nitrogen and oxygen atoms in total. The van der Waals surface area contributed by atoms with Gasteiger partial charge in [-0.2, -0.15) is 5.26 Å². The van der Waals surface area contributed by atoms with E-state index in [0.717, 1.165) is 31.5 Å². The van der Waals surface area contributed by atoms with Crippen molar-refractivity contribution in [3.63, 3.8) is 0 Å². The van der Waals surface area contributed by atoms with Crippen LogP contribution in [-0.2, 0) is 5.41 Å². The Morgan fingerprint density at radius 3 is 2.44 bits per heavy atom. The molecule has 0 spiro atoms. The molecule has 1 aliphatic heterocycles. The van der Waals surface area contributed by atoms with E-state index in [4.69, 9.17) is 23.2 Å². The van der Waals surface area contributed by atoms with Crippen LogP contribution in [0.15, 0.2) is 18.2 Å². The fourth-order valence-corrected chi connectivity index (χ4v) is 2.41. The van der Waals surface area contributed by atoms with Crippen LogP contribution >= 0.6 is 23.2 Å². The van der Waals surface area contributed by atoms with Crippen LogP contribution in [0.25, 0.3) is 0 Å². The van der Waals surface area contributed by atoms with Gasteiger partial charge in [-0.3, -0.25) is 0 Å². The normalized spacial score (nSPS) is 19.1. The molecule has 16 heavy (non-hydrogen) atoms. The van der Waals surface area contributed by atoms with E-state index in [1.807, 2.05) is 12.1 Å². The monoisotopic (exact) mass is 254 g/mol. The van der Waals surface area contributed by atoms with Gasteiger partial charge in [0.2, 0.25) is 0 Å². The summed E-state index contributed by atoms with van der Waals surface area (Å²) in [4.78, 5) is 0. The third-order valence-electron chi connectivity index (χ3n) is 3.14. The Balaban J connectivity index is 2.40. The van der Waals surface area contributed by atoms with Crippen molar-refractivity contribution in [1.82, 2.24) is 5.32 Å². The van der Waals surface area contributed by atoms with Gasteiger partial charge in [0.25, 0.3) is 0 Å². The number of hydrogen-bond donors (Lipinski definition) is 1. The van der Waals surface area contributed by atoms with Crippen LogP contribution in [-0.4, -0.2) is 13.1 Å². The molecule has 4 heteroatoms. The first-order valence-corrected chi connectivity index (χ1v) is 6.01. The van der Waals surface area contributed by atoms with Crippen molar-refractivity contribution in [2.45, 2.75) is 18.3 Å². The van der Waals surface area contributed by atoms with E-state index < -0.39 is 5.41 Å². The van der Waals surface area contributed by atoms with E-state index in [2.05, 4.69) is 11.4 Å². The summed E-state index contributed by atoms with van der Waals surface area (Å²) in [6.45, 7) is 1.74. The predicted octanol–water partition coefficient (Wildman–Crippen LogP) is 3.14. The number of piperidine rings is 1. The molecule has 0 aliphatic carbocycles. The molecule has 0 unspecified atom stereocenters. The predicted molar refractivity (Wildman–Crippen MR) is 65.9 cm³/mol. The summed E-state index contributed by atoms with van der Waals surface area (Å²) in [5.41, 5.74) is 0.574. The Kier molecular flexibility index (Phi) is 3.39. The highest BCUT2D eigenvalue weighted by molar-refractivity contribution is 6.42. The smallest absolute Gasteiger partial charge is 0.0847 e. The second-order valence-corrected chi connectivity index (χ2v) is 4.89. The molecule has 1 aliphatic rings. The molecule has 2 rings (SSSR count). The Morgan fingerprint density at radius 2 is 1.88 bits per heavy atom. The molecule has 0 bridgehead atoms. The van der Waals surface area contributed by atoms with Gasteiger partial charge in [0.1, 0.15) is 0 Å². The lowest BCUT2D eigenvalue weighted by Gasteiger charge is -2.31. The second-order valence-electron chi connectivity index (χ2n) is 4.07. The molecule has 1 aromatic rings. The lowest BCUT2D eigenvalue weighted by atomic mass is 9.74. The molecule has 0 amide bonds. The van der Waals surface area contributed by atoms with Crippen molar-refractivity contribution in [2.24, 2.45) is 0 Å². The molecule has 0 atom stereocenters. The van der Waals surface area contributed by atoms with Gasteiger partial charge in [0.15, 0.2) is 0 Å². The maximum absolute atomic E-state index is 9.40. The van der Waals surface area contributed by atoms with Gasteiger partial charge in [-0.25, -0.2) is 0 Å². The quantitative estimate of drug-likeness (QED) is 0.836. The first-order chi connectivity index (χ1) is 7.68. The number of halogens is 2. The Morgan fingerprint density at radius 1 is 1.19 bits per heavy atom. The molecule has 84 valence electrons. The highest BCUT2D eigenvalue weighted by Gasteiger charge is 2.34. The molecule has 1 fully saturated rings. The SMILES string of the molecule is N#CC1(c2ccc(Cl)c(Cl)c2)CCNCC1. The van der Waals surface area contributed by atoms with E-state index in [-0.39, 0.29) is 0 Å². The standard InChI is InChI=1S/C12H12Cl2N2/c13-10-2-1-9(7-11(10)14)12(8-15)3-5-16-6-4-12/h1-2,7,16H,3-6H2. The first kappa shape index (κ1) is 11.7. The molecule has 1 saturated heterocycles. The molecule has 0 saturated carbocycles. The summed E-state index contributed by atoms with van der Waals surface area (Å²) in [6, 6.07) is 7.93. The molecule has 1 heterocycles. The Labute approximate surface area is 105 Å². The first-order valence-electron chi connectivity index (χ1n) is 5.25. The van der Waals surface area contributed by atoms with E-state index >= 15 is 0 Å². The Bertz CT molecular complexity index is 431. The van der Waals surface area contributed by atoms with Gasteiger partial charge in [-0.1, -0.05) is 29.3 Å². The minimum Gasteiger partial charge on any atom is -0.317 e. The van der Waals surface area contributed by atoms with E-state index in [9.17, 15) is 5.26 Å².